The maximum absolute atomic E-state index is 12.4. The third-order valence-electron chi connectivity index (χ3n) is 6.20. The summed E-state index contributed by atoms with van der Waals surface area (Å²) in [4.78, 5) is 14.5. The van der Waals surface area contributed by atoms with E-state index in [9.17, 15) is 4.79 Å². The second kappa shape index (κ2) is 9.91. The summed E-state index contributed by atoms with van der Waals surface area (Å²) in [5.41, 5.74) is 13.5. The molecule has 0 bridgehead atoms. The van der Waals surface area contributed by atoms with Crippen LogP contribution >= 0.6 is 28.3 Å². The summed E-state index contributed by atoms with van der Waals surface area (Å²) in [6.07, 6.45) is 3.12. The van der Waals surface area contributed by atoms with Gasteiger partial charge < -0.3 is 30.3 Å². The van der Waals surface area contributed by atoms with Crippen LogP contribution in [0.25, 0.3) is 5.70 Å². The molecule has 1 aromatic heterocycles. The van der Waals surface area contributed by atoms with Crippen LogP contribution in [0.15, 0.2) is 32.7 Å². The Morgan fingerprint density at radius 2 is 2.06 bits per heavy atom. The molecule has 1 aromatic carbocycles. The lowest BCUT2D eigenvalue weighted by Gasteiger charge is -2.41. The number of hydrogen-bond donors (Lipinski definition) is 2. The van der Waals surface area contributed by atoms with E-state index in [1.54, 1.807) is 0 Å². The van der Waals surface area contributed by atoms with E-state index in [4.69, 9.17) is 20.6 Å². The van der Waals surface area contributed by atoms with Gasteiger partial charge in [0.05, 0.1) is 11.5 Å². The van der Waals surface area contributed by atoms with E-state index in [2.05, 4.69) is 31.0 Å². The molecule has 2 unspecified atom stereocenters. The van der Waals surface area contributed by atoms with Crippen LogP contribution in [0.5, 0.6) is 5.75 Å². The second-order valence-electron chi connectivity index (χ2n) is 8.23. The number of ether oxygens (including phenoxy) is 1. The molecule has 4 rings (SSSR count). The summed E-state index contributed by atoms with van der Waals surface area (Å²) in [5, 5.41) is 8.58. The highest BCUT2D eigenvalue weighted by atomic mass is 79.9. The van der Waals surface area contributed by atoms with Crippen molar-refractivity contribution >= 4 is 40.3 Å². The third-order valence-corrected chi connectivity index (χ3v) is 6.69. The number of hydrogen-bond acceptors (Lipinski definition) is 8. The first-order valence-electron chi connectivity index (χ1n) is 10.6. The minimum atomic E-state index is -0.748. The largest absolute Gasteiger partial charge is 0.492 e. The number of rotatable bonds is 9. The Labute approximate surface area is 202 Å². The van der Waals surface area contributed by atoms with Crippen LogP contribution in [-0.4, -0.2) is 47.6 Å². The molecule has 10 heteroatoms. The van der Waals surface area contributed by atoms with Gasteiger partial charge in [0.25, 0.3) is 5.89 Å². The maximum Gasteiger partial charge on any atom is 0.263 e. The standard InChI is InChI=1S/C22H28BrN5O3.ClH/c1-13-17(12-29)22(2,16-11-15(23)5-6-18(16)30-10-8-25)28(9-7-24)19(13)21-27-26-20(31-21)14-3-4-14;/h5-6,11-12,14,17H,3-4,7-10,24-25H2,1-2H3;1H. The Morgan fingerprint density at radius 1 is 1.31 bits per heavy atom. The van der Waals surface area contributed by atoms with Gasteiger partial charge in [-0.05, 0) is 50.5 Å². The molecule has 0 spiro atoms. The van der Waals surface area contributed by atoms with Gasteiger partial charge in [-0.1, -0.05) is 15.9 Å². The van der Waals surface area contributed by atoms with E-state index in [1.807, 2.05) is 32.0 Å². The summed E-state index contributed by atoms with van der Waals surface area (Å²) in [7, 11) is 0. The zero-order valence-corrected chi connectivity index (χ0v) is 20.6. The van der Waals surface area contributed by atoms with Gasteiger partial charge in [-0.15, -0.1) is 22.6 Å². The minimum absolute atomic E-state index is 0. The van der Waals surface area contributed by atoms with Crippen LogP contribution in [0.2, 0.25) is 0 Å². The fourth-order valence-corrected chi connectivity index (χ4v) is 4.87. The predicted molar refractivity (Wildman–Crippen MR) is 127 cm³/mol. The fourth-order valence-electron chi connectivity index (χ4n) is 4.50. The maximum atomic E-state index is 12.4. The summed E-state index contributed by atoms with van der Waals surface area (Å²) in [5.74, 6) is 1.68. The lowest BCUT2D eigenvalue weighted by atomic mass is 9.78. The van der Waals surface area contributed by atoms with Crippen molar-refractivity contribution < 1.29 is 13.9 Å². The van der Waals surface area contributed by atoms with Crippen molar-refractivity contribution in [2.24, 2.45) is 17.4 Å². The first-order valence-corrected chi connectivity index (χ1v) is 11.3. The van der Waals surface area contributed by atoms with Crippen molar-refractivity contribution in [3.05, 3.63) is 45.6 Å². The lowest BCUT2D eigenvalue weighted by Crippen LogP contribution is -2.46. The van der Waals surface area contributed by atoms with E-state index in [1.165, 1.54) is 0 Å². The first-order chi connectivity index (χ1) is 14.9. The highest BCUT2D eigenvalue weighted by Gasteiger charge is 2.52. The van der Waals surface area contributed by atoms with Crippen LogP contribution in [-0.2, 0) is 10.3 Å². The number of carbonyl (C=O) groups excluding carboxylic acids is 1. The van der Waals surface area contributed by atoms with Crippen molar-refractivity contribution in [2.75, 3.05) is 26.2 Å². The molecule has 0 saturated heterocycles. The second-order valence-corrected chi connectivity index (χ2v) is 9.15. The molecule has 2 heterocycles. The topological polar surface area (TPSA) is 120 Å². The predicted octanol–water partition coefficient (Wildman–Crippen LogP) is 3.20. The zero-order valence-electron chi connectivity index (χ0n) is 18.2. The summed E-state index contributed by atoms with van der Waals surface area (Å²) >= 11 is 3.57. The van der Waals surface area contributed by atoms with Gasteiger partial charge in [0.1, 0.15) is 24.3 Å². The average Bonchev–Trinajstić information content (AvgIpc) is 3.45. The van der Waals surface area contributed by atoms with Crippen LogP contribution in [0, 0.1) is 5.92 Å². The Morgan fingerprint density at radius 3 is 2.69 bits per heavy atom. The number of nitrogens with two attached hydrogens (primary N) is 2. The molecule has 0 amide bonds. The van der Waals surface area contributed by atoms with Gasteiger partial charge >= 0.3 is 0 Å². The molecular formula is C22H29BrClN5O3. The monoisotopic (exact) mass is 525 g/mol. The van der Waals surface area contributed by atoms with Crippen LogP contribution in [0.4, 0.5) is 0 Å². The molecule has 4 N–H and O–H groups in total. The molecule has 1 aliphatic carbocycles. The Kier molecular flexibility index (Phi) is 7.65. The zero-order chi connectivity index (χ0) is 22.2. The van der Waals surface area contributed by atoms with Gasteiger partial charge in [-0.3, -0.25) is 0 Å². The third kappa shape index (κ3) is 4.19. The number of aromatic nitrogens is 2. The molecule has 0 radical (unpaired) electrons. The molecule has 2 aliphatic rings. The minimum Gasteiger partial charge on any atom is -0.492 e. The van der Waals surface area contributed by atoms with Gasteiger partial charge in [-0.2, -0.15) is 0 Å². The van der Waals surface area contributed by atoms with Crippen molar-refractivity contribution in [3.8, 4) is 5.75 Å². The number of carbonyl (C=O) groups is 1. The van der Waals surface area contributed by atoms with Crippen molar-refractivity contribution in [1.29, 1.82) is 0 Å². The molecule has 1 aliphatic heterocycles. The number of nitrogens with zero attached hydrogens (tertiary/aromatic N) is 3. The average molecular weight is 527 g/mol. The smallest absolute Gasteiger partial charge is 0.263 e. The van der Waals surface area contributed by atoms with Gasteiger partial charge in [0.2, 0.25) is 5.89 Å². The van der Waals surface area contributed by atoms with Crippen molar-refractivity contribution in [3.63, 3.8) is 0 Å². The lowest BCUT2D eigenvalue weighted by molar-refractivity contribution is -0.112. The van der Waals surface area contributed by atoms with Crippen LogP contribution in [0.1, 0.15) is 50.0 Å². The SMILES string of the molecule is CC1=C(c2nnc(C3CC3)o2)N(CCN)C(C)(c2cc(Br)ccc2OCCN)C1C=O.Cl. The van der Waals surface area contributed by atoms with Crippen LogP contribution in [0.3, 0.4) is 0 Å². The number of benzene rings is 1. The van der Waals surface area contributed by atoms with Gasteiger partial charge in [-0.25, -0.2) is 0 Å². The molecule has 32 heavy (non-hydrogen) atoms. The highest BCUT2D eigenvalue weighted by Crippen LogP contribution is 2.53. The summed E-state index contributed by atoms with van der Waals surface area (Å²) < 4.78 is 12.9. The van der Waals surface area contributed by atoms with Crippen molar-refractivity contribution in [1.82, 2.24) is 15.1 Å². The Bertz CT molecular complexity index is 1010. The number of aldehydes is 1. The summed E-state index contributed by atoms with van der Waals surface area (Å²) in [6, 6.07) is 5.80. The molecule has 174 valence electrons. The van der Waals surface area contributed by atoms with E-state index in [0.717, 1.165) is 40.4 Å². The van der Waals surface area contributed by atoms with Gasteiger partial charge in [0.15, 0.2) is 0 Å². The van der Waals surface area contributed by atoms with Crippen LogP contribution < -0.4 is 16.2 Å². The van der Waals surface area contributed by atoms with E-state index in [-0.39, 0.29) is 12.4 Å². The van der Waals surface area contributed by atoms with E-state index < -0.39 is 11.5 Å². The van der Waals surface area contributed by atoms with Gasteiger partial charge in [0, 0.05) is 35.6 Å². The first kappa shape index (κ1) is 24.7. The highest BCUT2D eigenvalue weighted by molar-refractivity contribution is 9.10. The molecule has 8 nitrogen and oxygen atoms in total. The van der Waals surface area contributed by atoms with E-state index in [0.29, 0.717) is 49.7 Å². The normalized spacial score (nSPS) is 22.8. The van der Waals surface area contributed by atoms with E-state index >= 15 is 0 Å². The molecule has 1 saturated carbocycles. The molecule has 1 fully saturated rings. The number of halogens is 2. The summed E-state index contributed by atoms with van der Waals surface area (Å²) in [6.45, 7) is 5.66. The molecule has 2 atom stereocenters. The molecule has 2 aromatic rings. The quantitative estimate of drug-likeness (QED) is 0.478. The Hall–Kier alpha value is -1.94. The Balaban J connectivity index is 0.00000289. The molecular weight excluding hydrogens is 498 g/mol. The van der Waals surface area contributed by atoms with Crippen molar-refractivity contribution in [2.45, 2.75) is 38.1 Å². The fraction of sp³-hybridized carbons (Fsp3) is 0.500.